The molecule has 2 atom stereocenters. The van der Waals surface area contributed by atoms with E-state index in [1.54, 1.807) is 41.5 Å². The first-order chi connectivity index (χ1) is 18.5. The van der Waals surface area contributed by atoms with Gasteiger partial charge in [0.05, 0.1) is 25.5 Å². The van der Waals surface area contributed by atoms with E-state index in [-0.39, 0.29) is 35.9 Å². The zero-order valence-corrected chi connectivity index (χ0v) is 27.5. The molecule has 3 amide bonds. The van der Waals surface area contributed by atoms with E-state index in [1.165, 1.54) is 19.2 Å². The van der Waals surface area contributed by atoms with Crippen molar-refractivity contribution in [2.45, 2.75) is 111 Å². The van der Waals surface area contributed by atoms with Gasteiger partial charge in [0.15, 0.2) is 19.6 Å². The minimum atomic E-state index is -2.39. The number of hydrogen-bond donors (Lipinski definition) is 1. The standard InChI is InChI=1S/C28H46N4O8Si/c1-25(2,3)38-23(35)29-20-14-13-18(30-31-20)15-28(22(34)37-10)16-19(40-41(11,12)27(7,8)9)17-32(21(28)33)24(36)39-26(4,5)6/h13-14,19H,15-17H2,1-12H3,(H,29,31,35). The summed E-state index contributed by atoms with van der Waals surface area (Å²) in [6.07, 6.45) is -2.46. The summed E-state index contributed by atoms with van der Waals surface area (Å²) in [5.41, 5.74) is -3.13. The van der Waals surface area contributed by atoms with E-state index in [0.717, 1.165) is 4.90 Å². The molecule has 12 nitrogen and oxygen atoms in total. The molecule has 1 aliphatic heterocycles. The van der Waals surface area contributed by atoms with Gasteiger partial charge in [-0.3, -0.25) is 14.9 Å². The molecule has 0 spiro atoms. The lowest BCUT2D eigenvalue weighted by Gasteiger charge is -2.46. The van der Waals surface area contributed by atoms with Crippen LogP contribution in [0.5, 0.6) is 0 Å². The molecule has 2 unspecified atom stereocenters. The molecule has 1 aliphatic rings. The third kappa shape index (κ3) is 8.96. The SMILES string of the molecule is COC(=O)C1(Cc2ccc(NC(=O)OC(C)(C)C)nn2)CC(O[Si](C)(C)C(C)(C)C)CN(C(=O)OC(C)(C)C)C1=O. The molecule has 2 rings (SSSR count). The Morgan fingerprint density at radius 3 is 2.05 bits per heavy atom. The predicted octanol–water partition coefficient (Wildman–Crippen LogP) is 5.08. The number of anilines is 1. The molecule has 0 saturated carbocycles. The average molecular weight is 595 g/mol. The lowest BCUT2D eigenvalue weighted by atomic mass is 9.74. The summed E-state index contributed by atoms with van der Waals surface area (Å²) in [5, 5.41) is 10.5. The smallest absolute Gasteiger partial charge is 0.417 e. The van der Waals surface area contributed by atoms with Gasteiger partial charge in [-0.05, 0) is 78.2 Å². The number of carbonyl (C=O) groups is 4. The highest BCUT2D eigenvalue weighted by Gasteiger charge is 2.57. The maximum atomic E-state index is 14.0. The minimum absolute atomic E-state index is 0.0239. The van der Waals surface area contributed by atoms with Crippen molar-refractivity contribution >= 4 is 38.2 Å². The van der Waals surface area contributed by atoms with Crippen LogP contribution in [0.4, 0.5) is 15.4 Å². The van der Waals surface area contributed by atoms with E-state index in [4.69, 9.17) is 18.6 Å². The number of nitrogens with one attached hydrogen (secondary N) is 1. The zero-order valence-electron chi connectivity index (χ0n) is 26.5. The number of nitrogens with zero attached hydrogens (tertiary/aromatic N) is 3. The topological polar surface area (TPSA) is 146 Å². The lowest BCUT2D eigenvalue weighted by Crippen LogP contribution is -2.62. The minimum Gasteiger partial charge on any atom is -0.468 e. The number of piperidine rings is 1. The fourth-order valence-electron chi connectivity index (χ4n) is 4.06. The number of esters is 1. The molecular weight excluding hydrogens is 548 g/mol. The fourth-order valence-corrected chi connectivity index (χ4v) is 5.40. The number of amides is 3. The van der Waals surface area contributed by atoms with Crippen LogP contribution in [-0.4, -0.2) is 78.4 Å². The molecule has 41 heavy (non-hydrogen) atoms. The number of likely N-dealkylation sites (tertiary alicyclic amines) is 1. The molecule has 0 radical (unpaired) electrons. The molecule has 1 aromatic rings. The van der Waals surface area contributed by atoms with E-state index in [2.05, 4.69) is 49.4 Å². The van der Waals surface area contributed by atoms with Gasteiger partial charge in [0.1, 0.15) is 11.2 Å². The molecule has 1 saturated heterocycles. The van der Waals surface area contributed by atoms with Gasteiger partial charge in [0.25, 0.3) is 0 Å². The van der Waals surface area contributed by atoms with E-state index in [1.807, 2.05) is 0 Å². The second kappa shape index (κ2) is 12.0. The fraction of sp³-hybridized carbons (Fsp3) is 0.714. The van der Waals surface area contributed by atoms with Crippen molar-refractivity contribution in [1.82, 2.24) is 15.1 Å². The summed E-state index contributed by atoms with van der Waals surface area (Å²) in [6.45, 7) is 20.6. The van der Waals surface area contributed by atoms with E-state index in [9.17, 15) is 19.2 Å². The third-order valence-corrected chi connectivity index (χ3v) is 11.4. The normalized spacial score (nSPS) is 20.3. The Labute approximate surface area is 244 Å². The van der Waals surface area contributed by atoms with Gasteiger partial charge in [-0.1, -0.05) is 20.8 Å². The lowest BCUT2D eigenvalue weighted by molar-refractivity contribution is -0.170. The van der Waals surface area contributed by atoms with Crippen molar-refractivity contribution in [1.29, 1.82) is 0 Å². The van der Waals surface area contributed by atoms with Crippen molar-refractivity contribution in [2.24, 2.45) is 5.41 Å². The van der Waals surface area contributed by atoms with Crippen LogP contribution < -0.4 is 5.32 Å². The summed E-state index contributed by atoms with van der Waals surface area (Å²) >= 11 is 0. The average Bonchev–Trinajstić information content (AvgIpc) is 2.78. The van der Waals surface area contributed by atoms with Crippen molar-refractivity contribution in [2.75, 3.05) is 19.0 Å². The van der Waals surface area contributed by atoms with Crippen LogP contribution in [0.15, 0.2) is 12.1 Å². The molecule has 1 N–H and O–H groups in total. The number of methoxy groups -OCH3 is 1. The van der Waals surface area contributed by atoms with Crippen LogP contribution in [0.1, 0.15) is 74.4 Å². The van der Waals surface area contributed by atoms with Gasteiger partial charge < -0.3 is 18.6 Å². The van der Waals surface area contributed by atoms with Crippen LogP contribution in [0.25, 0.3) is 0 Å². The number of hydrogen-bond acceptors (Lipinski definition) is 10. The van der Waals surface area contributed by atoms with Gasteiger partial charge in [0.2, 0.25) is 5.91 Å². The molecule has 230 valence electrons. The number of imide groups is 1. The monoisotopic (exact) mass is 594 g/mol. The Morgan fingerprint density at radius 2 is 1.59 bits per heavy atom. The molecular formula is C28H46N4O8Si. The first-order valence-corrected chi connectivity index (χ1v) is 16.5. The quantitative estimate of drug-likeness (QED) is 0.205. The Bertz CT molecular complexity index is 1140. The summed E-state index contributed by atoms with van der Waals surface area (Å²) in [5.74, 6) is -1.46. The molecule has 1 fully saturated rings. The van der Waals surface area contributed by atoms with Crippen LogP contribution in [0.3, 0.4) is 0 Å². The van der Waals surface area contributed by atoms with Crippen LogP contribution in [0, 0.1) is 5.41 Å². The molecule has 0 aromatic carbocycles. The highest BCUT2D eigenvalue weighted by Crippen LogP contribution is 2.42. The first-order valence-electron chi connectivity index (χ1n) is 13.6. The summed E-state index contributed by atoms with van der Waals surface area (Å²) in [7, 11) is -1.20. The molecule has 1 aromatic heterocycles. The summed E-state index contributed by atoms with van der Waals surface area (Å²) < 4.78 is 22.5. The second-order valence-electron chi connectivity index (χ2n) is 13.9. The highest BCUT2D eigenvalue weighted by atomic mass is 28.4. The second-order valence-corrected chi connectivity index (χ2v) is 18.6. The highest BCUT2D eigenvalue weighted by molar-refractivity contribution is 6.74. The zero-order chi connectivity index (χ0) is 31.6. The van der Waals surface area contributed by atoms with Gasteiger partial charge >= 0.3 is 18.2 Å². The summed E-state index contributed by atoms with van der Waals surface area (Å²) in [6, 6.07) is 3.02. The number of carbonyl (C=O) groups excluding carboxylic acids is 4. The Morgan fingerprint density at radius 1 is 1.00 bits per heavy atom. The Kier molecular flexibility index (Phi) is 10.0. The van der Waals surface area contributed by atoms with Gasteiger partial charge in [0, 0.05) is 6.42 Å². The Hall–Kier alpha value is -3.06. The van der Waals surface area contributed by atoms with Gasteiger partial charge in [-0.25, -0.2) is 14.5 Å². The van der Waals surface area contributed by atoms with Gasteiger partial charge in [-0.15, -0.1) is 5.10 Å². The van der Waals surface area contributed by atoms with Crippen molar-refractivity contribution in [3.8, 4) is 0 Å². The maximum absolute atomic E-state index is 14.0. The largest absolute Gasteiger partial charge is 0.468 e. The molecule has 0 bridgehead atoms. The number of aromatic nitrogens is 2. The summed E-state index contributed by atoms with van der Waals surface area (Å²) in [4.78, 5) is 53.7. The van der Waals surface area contributed by atoms with Crippen LogP contribution in [0.2, 0.25) is 18.1 Å². The first kappa shape index (κ1) is 34.1. The van der Waals surface area contributed by atoms with Crippen LogP contribution >= 0.6 is 0 Å². The predicted molar refractivity (Wildman–Crippen MR) is 155 cm³/mol. The molecule has 13 heteroatoms. The number of ether oxygens (including phenoxy) is 3. The van der Waals surface area contributed by atoms with E-state index in [0.29, 0.717) is 0 Å². The van der Waals surface area contributed by atoms with Crippen molar-refractivity contribution in [3.63, 3.8) is 0 Å². The van der Waals surface area contributed by atoms with Crippen molar-refractivity contribution < 1.29 is 37.8 Å². The molecule has 2 heterocycles. The van der Waals surface area contributed by atoms with Crippen LogP contribution in [-0.2, 0) is 34.6 Å². The van der Waals surface area contributed by atoms with E-state index >= 15 is 0 Å². The van der Waals surface area contributed by atoms with E-state index < -0.39 is 55.1 Å². The number of rotatable bonds is 6. The third-order valence-electron chi connectivity index (χ3n) is 6.91. The van der Waals surface area contributed by atoms with Crippen molar-refractivity contribution in [3.05, 3.63) is 17.8 Å². The maximum Gasteiger partial charge on any atom is 0.417 e. The molecule has 0 aliphatic carbocycles. The Balaban J connectivity index is 2.49. The van der Waals surface area contributed by atoms with Gasteiger partial charge in [-0.2, -0.15) is 5.10 Å².